The molecule has 2 N–H and O–H groups in total. The second-order valence-corrected chi connectivity index (χ2v) is 6.96. The van der Waals surface area contributed by atoms with Gasteiger partial charge < -0.3 is 20.2 Å². The molecular weight excluding hydrogens is 483 g/mol. The number of piperazine rings is 1. The zero-order chi connectivity index (χ0) is 20.1. The van der Waals surface area contributed by atoms with Crippen LogP contribution in [0.5, 0.6) is 0 Å². The van der Waals surface area contributed by atoms with Crippen molar-refractivity contribution in [2.45, 2.75) is 20.0 Å². The molecule has 0 spiro atoms. The highest BCUT2D eigenvalue weighted by Gasteiger charge is 2.27. The molecule has 1 saturated heterocycles. The number of benzene rings is 1. The van der Waals surface area contributed by atoms with Crippen LogP contribution in [0.4, 0.5) is 5.69 Å². The number of carbonyl (C=O) groups excluding carboxylic acids is 1. The van der Waals surface area contributed by atoms with Gasteiger partial charge in [0.25, 0.3) is 0 Å². The highest BCUT2D eigenvalue weighted by atomic mass is 127. The summed E-state index contributed by atoms with van der Waals surface area (Å²) in [5.41, 5.74) is 2.76. The fraction of sp³-hybridized carbons (Fsp3) is 0.450. The highest BCUT2D eigenvalue weighted by molar-refractivity contribution is 14.0. The third-order valence-electron chi connectivity index (χ3n) is 4.70. The molecule has 0 radical (unpaired) electrons. The Hall–Kier alpha value is -2.14. The summed E-state index contributed by atoms with van der Waals surface area (Å²) in [6, 6.07) is 7.79. The molecule has 1 unspecified atom stereocenters. The molecule has 2 heterocycles. The van der Waals surface area contributed by atoms with E-state index < -0.39 is 6.10 Å². The van der Waals surface area contributed by atoms with Crippen molar-refractivity contribution in [3.05, 3.63) is 47.8 Å². The number of hydrogen-bond acceptors (Lipinski definition) is 4. The second kappa shape index (κ2) is 10.6. The number of amides is 1. The van der Waals surface area contributed by atoms with Crippen molar-refractivity contribution < 1.29 is 9.90 Å². The number of nitrogens with zero attached hydrogens (tertiary/aromatic N) is 5. The predicted octanol–water partition coefficient (Wildman–Crippen LogP) is 1.69. The van der Waals surface area contributed by atoms with E-state index in [-0.39, 0.29) is 43.0 Å². The summed E-state index contributed by atoms with van der Waals surface area (Å²) in [6.07, 6.45) is 2.86. The Bertz CT molecular complexity index is 853. The Morgan fingerprint density at radius 3 is 2.79 bits per heavy atom. The minimum Gasteiger partial charge on any atom is -0.386 e. The lowest BCUT2D eigenvalue weighted by molar-refractivity contribution is -0.120. The van der Waals surface area contributed by atoms with Crippen LogP contribution in [0.25, 0.3) is 0 Å². The van der Waals surface area contributed by atoms with E-state index in [1.807, 2.05) is 56.3 Å². The summed E-state index contributed by atoms with van der Waals surface area (Å²) >= 11 is 0. The Labute approximate surface area is 188 Å². The van der Waals surface area contributed by atoms with E-state index in [4.69, 9.17) is 0 Å². The van der Waals surface area contributed by atoms with Crippen molar-refractivity contribution in [3.63, 3.8) is 0 Å². The van der Waals surface area contributed by atoms with Gasteiger partial charge in [-0.15, -0.1) is 24.0 Å². The van der Waals surface area contributed by atoms with Gasteiger partial charge in [-0.3, -0.25) is 14.5 Å². The van der Waals surface area contributed by atoms with Crippen LogP contribution in [0.3, 0.4) is 0 Å². The van der Waals surface area contributed by atoms with E-state index in [9.17, 15) is 9.90 Å². The summed E-state index contributed by atoms with van der Waals surface area (Å²) in [4.78, 5) is 20.9. The fourth-order valence-corrected chi connectivity index (χ4v) is 3.26. The number of aliphatic hydroxyl groups is 1. The molecule has 2 aromatic rings. The average molecular weight is 512 g/mol. The molecule has 1 atom stereocenters. The molecule has 0 bridgehead atoms. The number of guanidine groups is 1. The molecule has 158 valence electrons. The first-order valence-electron chi connectivity index (χ1n) is 9.55. The summed E-state index contributed by atoms with van der Waals surface area (Å²) in [7, 11) is 1.83. The number of carbonyl (C=O) groups is 1. The number of aromatic nitrogens is 2. The van der Waals surface area contributed by atoms with Crippen LogP contribution in [0.1, 0.15) is 24.2 Å². The normalized spacial score (nSPS) is 15.9. The number of rotatable bonds is 5. The third kappa shape index (κ3) is 5.92. The van der Waals surface area contributed by atoms with Crippen molar-refractivity contribution in [1.29, 1.82) is 0 Å². The Morgan fingerprint density at radius 1 is 1.38 bits per heavy atom. The maximum Gasteiger partial charge on any atom is 0.246 e. The van der Waals surface area contributed by atoms with Gasteiger partial charge in [-0.1, -0.05) is 29.8 Å². The summed E-state index contributed by atoms with van der Waals surface area (Å²) in [5.74, 6) is 0.650. The Balaban J connectivity index is 0.00000300. The SMILES string of the molecule is CCNC(=NCC(O)c1cccc(C)c1)N1CCN(c2cnn(C)c2)C(=O)C1.I. The van der Waals surface area contributed by atoms with Gasteiger partial charge in [0.05, 0.1) is 24.5 Å². The van der Waals surface area contributed by atoms with E-state index in [0.717, 1.165) is 16.8 Å². The first-order valence-corrected chi connectivity index (χ1v) is 9.55. The zero-order valence-electron chi connectivity index (χ0n) is 17.1. The number of halogens is 1. The van der Waals surface area contributed by atoms with Crippen LogP contribution < -0.4 is 10.2 Å². The average Bonchev–Trinajstić information content (AvgIpc) is 3.10. The van der Waals surface area contributed by atoms with Crippen LogP contribution in [0.2, 0.25) is 0 Å². The lowest BCUT2D eigenvalue weighted by Gasteiger charge is -2.35. The maximum absolute atomic E-state index is 12.6. The summed E-state index contributed by atoms with van der Waals surface area (Å²) in [6.45, 7) is 6.37. The second-order valence-electron chi connectivity index (χ2n) is 6.96. The van der Waals surface area contributed by atoms with Gasteiger partial charge in [-0.05, 0) is 19.4 Å². The number of aliphatic hydroxyl groups excluding tert-OH is 1. The van der Waals surface area contributed by atoms with Gasteiger partial charge in [0.2, 0.25) is 5.91 Å². The topological polar surface area (TPSA) is 86.0 Å². The largest absolute Gasteiger partial charge is 0.386 e. The van der Waals surface area contributed by atoms with Crippen molar-refractivity contribution in [2.75, 3.05) is 37.6 Å². The van der Waals surface area contributed by atoms with Gasteiger partial charge in [0.15, 0.2) is 5.96 Å². The molecule has 1 aromatic carbocycles. The smallest absolute Gasteiger partial charge is 0.246 e. The molecule has 1 fully saturated rings. The molecule has 29 heavy (non-hydrogen) atoms. The van der Waals surface area contributed by atoms with Crippen molar-refractivity contribution in [3.8, 4) is 0 Å². The first-order chi connectivity index (χ1) is 13.5. The van der Waals surface area contributed by atoms with Crippen LogP contribution in [0, 0.1) is 6.92 Å². The van der Waals surface area contributed by atoms with Crippen LogP contribution in [-0.4, -0.2) is 64.4 Å². The van der Waals surface area contributed by atoms with E-state index in [0.29, 0.717) is 25.6 Å². The monoisotopic (exact) mass is 512 g/mol. The minimum atomic E-state index is -0.680. The fourth-order valence-electron chi connectivity index (χ4n) is 3.26. The van der Waals surface area contributed by atoms with Gasteiger partial charge in [0.1, 0.15) is 6.54 Å². The van der Waals surface area contributed by atoms with Crippen LogP contribution in [0.15, 0.2) is 41.7 Å². The number of anilines is 1. The maximum atomic E-state index is 12.6. The Morgan fingerprint density at radius 2 is 2.17 bits per heavy atom. The van der Waals surface area contributed by atoms with E-state index in [1.165, 1.54) is 0 Å². The molecule has 1 aliphatic heterocycles. The van der Waals surface area contributed by atoms with E-state index >= 15 is 0 Å². The highest BCUT2D eigenvalue weighted by Crippen LogP contribution is 2.17. The molecule has 1 aromatic heterocycles. The molecule has 1 aliphatic rings. The molecule has 1 amide bonds. The van der Waals surface area contributed by atoms with Crippen molar-refractivity contribution in [1.82, 2.24) is 20.0 Å². The molecule has 0 saturated carbocycles. The minimum absolute atomic E-state index is 0. The molecule has 9 heteroatoms. The number of hydrogen-bond donors (Lipinski definition) is 2. The zero-order valence-corrected chi connectivity index (χ0v) is 19.4. The summed E-state index contributed by atoms with van der Waals surface area (Å²) in [5, 5.41) is 17.8. The predicted molar refractivity (Wildman–Crippen MR) is 125 cm³/mol. The molecule has 8 nitrogen and oxygen atoms in total. The van der Waals surface area contributed by atoms with E-state index in [2.05, 4.69) is 15.4 Å². The standard InChI is InChI=1S/C20H28N6O2.HI/c1-4-21-20(22-12-18(27)16-7-5-6-15(2)10-16)25-8-9-26(19(28)14-25)17-11-23-24(3)13-17;/h5-7,10-11,13,18,27H,4,8-9,12,14H2,1-3H3,(H,21,22);1H. The first kappa shape index (κ1) is 23.1. The Kier molecular flexibility index (Phi) is 8.45. The van der Waals surface area contributed by atoms with Crippen molar-refractivity contribution in [2.24, 2.45) is 12.0 Å². The van der Waals surface area contributed by atoms with Crippen molar-refractivity contribution >= 4 is 41.5 Å². The molecule has 3 rings (SSSR count). The van der Waals surface area contributed by atoms with Gasteiger partial charge >= 0.3 is 0 Å². The van der Waals surface area contributed by atoms with Gasteiger partial charge in [-0.25, -0.2) is 0 Å². The lowest BCUT2D eigenvalue weighted by Crippen LogP contribution is -2.55. The van der Waals surface area contributed by atoms with Crippen LogP contribution >= 0.6 is 24.0 Å². The lowest BCUT2D eigenvalue weighted by atomic mass is 10.1. The quantitative estimate of drug-likeness (QED) is 0.362. The van der Waals surface area contributed by atoms with Gasteiger partial charge in [-0.2, -0.15) is 5.10 Å². The summed E-state index contributed by atoms with van der Waals surface area (Å²) < 4.78 is 1.69. The number of aryl methyl sites for hydroxylation is 2. The number of nitrogens with one attached hydrogen (secondary N) is 1. The van der Waals surface area contributed by atoms with Crippen LogP contribution in [-0.2, 0) is 11.8 Å². The third-order valence-corrected chi connectivity index (χ3v) is 4.70. The molecular formula is C20H29IN6O2. The molecule has 0 aliphatic carbocycles. The number of aliphatic imine (C=N–C) groups is 1. The van der Waals surface area contributed by atoms with E-state index in [1.54, 1.807) is 15.8 Å². The van der Waals surface area contributed by atoms with Gasteiger partial charge in [0, 0.05) is 32.9 Å².